The first-order chi connectivity index (χ1) is 9.04. The smallest absolute Gasteiger partial charge is 0.238 e. The van der Waals surface area contributed by atoms with Gasteiger partial charge in [0.15, 0.2) is 0 Å². The number of ether oxygens (including phenoxy) is 1. The van der Waals surface area contributed by atoms with Crippen LogP contribution < -0.4 is 9.88 Å². The van der Waals surface area contributed by atoms with Crippen molar-refractivity contribution in [1.29, 1.82) is 0 Å². The molecule has 6 heteroatoms. The van der Waals surface area contributed by atoms with Crippen LogP contribution in [0.25, 0.3) is 10.9 Å². The van der Waals surface area contributed by atoms with Crippen molar-refractivity contribution in [2.75, 3.05) is 6.61 Å². The first kappa shape index (κ1) is 13.3. The first-order valence-corrected chi connectivity index (χ1v) is 7.05. The number of benzene rings is 1. The van der Waals surface area contributed by atoms with Crippen molar-refractivity contribution in [3.8, 4) is 18.1 Å². The Morgan fingerprint density at radius 2 is 2.16 bits per heavy atom. The van der Waals surface area contributed by atoms with Crippen LogP contribution in [0.4, 0.5) is 0 Å². The maximum atomic E-state index is 11.5. The second kappa shape index (κ2) is 5.26. The average Bonchev–Trinajstić information content (AvgIpc) is 2.37. The van der Waals surface area contributed by atoms with E-state index in [1.807, 2.05) is 0 Å². The second-order valence-electron chi connectivity index (χ2n) is 3.81. The maximum Gasteiger partial charge on any atom is 0.238 e. The molecule has 2 N–H and O–H groups in total. The fourth-order valence-electron chi connectivity index (χ4n) is 1.71. The molecule has 2 aromatic rings. The van der Waals surface area contributed by atoms with Gasteiger partial charge in [0.05, 0.1) is 11.5 Å². The Balaban J connectivity index is 2.56. The van der Waals surface area contributed by atoms with Gasteiger partial charge < -0.3 is 4.74 Å². The van der Waals surface area contributed by atoms with Crippen molar-refractivity contribution in [3.05, 3.63) is 30.5 Å². The van der Waals surface area contributed by atoms with E-state index < -0.39 is 10.0 Å². The highest BCUT2D eigenvalue weighted by molar-refractivity contribution is 7.89. The minimum absolute atomic E-state index is 0.0277. The number of aromatic nitrogens is 1. The molecule has 1 aromatic carbocycles. The van der Waals surface area contributed by atoms with Gasteiger partial charge in [0, 0.05) is 18.0 Å². The highest BCUT2D eigenvalue weighted by Crippen LogP contribution is 2.28. The molecular weight excluding hydrogens is 264 g/mol. The Hall–Kier alpha value is -2.10. The van der Waals surface area contributed by atoms with Crippen LogP contribution in [0.5, 0.6) is 5.75 Å². The van der Waals surface area contributed by atoms with Crippen molar-refractivity contribution in [2.45, 2.75) is 11.3 Å². The molecule has 0 aliphatic carbocycles. The Kier molecular flexibility index (Phi) is 3.69. The summed E-state index contributed by atoms with van der Waals surface area (Å²) in [5.41, 5.74) is 0.450. The Labute approximate surface area is 111 Å². The Morgan fingerprint density at radius 3 is 2.84 bits per heavy atom. The average molecular weight is 276 g/mol. The molecule has 2 rings (SSSR count). The van der Waals surface area contributed by atoms with Crippen molar-refractivity contribution in [2.24, 2.45) is 5.14 Å². The van der Waals surface area contributed by atoms with Crippen LogP contribution in [0.15, 0.2) is 35.4 Å². The van der Waals surface area contributed by atoms with Crippen LogP contribution >= 0.6 is 0 Å². The minimum atomic E-state index is -3.80. The number of fused-ring (bicyclic) bond motifs is 1. The van der Waals surface area contributed by atoms with Gasteiger partial charge in [0.2, 0.25) is 10.0 Å². The van der Waals surface area contributed by atoms with Gasteiger partial charge >= 0.3 is 0 Å². The third kappa shape index (κ3) is 2.84. The molecule has 0 aliphatic heterocycles. The summed E-state index contributed by atoms with van der Waals surface area (Å²) >= 11 is 0. The zero-order valence-corrected chi connectivity index (χ0v) is 10.9. The van der Waals surface area contributed by atoms with Crippen molar-refractivity contribution >= 4 is 20.9 Å². The van der Waals surface area contributed by atoms with E-state index in [0.717, 1.165) is 0 Å². The number of terminal acetylenes is 1. The van der Waals surface area contributed by atoms with Gasteiger partial charge in [-0.15, -0.1) is 12.3 Å². The topological polar surface area (TPSA) is 82.3 Å². The molecule has 0 amide bonds. The summed E-state index contributed by atoms with van der Waals surface area (Å²) in [6.45, 7) is 0.344. The summed E-state index contributed by atoms with van der Waals surface area (Å²) in [7, 11) is -3.80. The normalized spacial score (nSPS) is 11.2. The summed E-state index contributed by atoms with van der Waals surface area (Å²) in [5.74, 6) is 2.94. The lowest BCUT2D eigenvalue weighted by molar-refractivity contribution is 0.330. The molecule has 0 aliphatic rings. The number of sulfonamides is 1. The fourth-order valence-corrected chi connectivity index (χ4v) is 2.43. The van der Waals surface area contributed by atoms with E-state index in [1.165, 1.54) is 12.1 Å². The van der Waals surface area contributed by atoms with Crippen molar-refractivity contribution in [3.63, 3.8) is 0 Å². The van der Waals surface area contributed by atoms with E-state index in [4.69, 9.17) is 16.3 Å². The van der Waals surface area contributed by atoms with Gasteiger partial charge in [-0.2, -0.15) is 0 Å². The molecule has 0 spiro atoms. The lowest BCUT2D eigenvalue weighted by Crippen LogP contribution is -2.13. The van der Waals surface area contributed by atoms with Gasteiger partial charge in [0.1, 0.15) is 11.3 Å². The number of rotatable bonds is 4. The molecule has 0 radical (unpaired) electrons. The lowest BCUT2D eigenvalue weighted by Gasteiger charge is -2.09. The second-order valence-corrected chi connectivity index (χ2v) is 5.34. The number of hydrogen-bond donors (Lipinski definition) is 1. The van der Waals surface area contributed by atoms with Crippen LogP contribution in [-0.4, -0.2) is 20.0 Å². The highest BCUT2D eigenvalue weighted by Gasteiger charge is 2.15. The largest absolute Gasteiger partial charge is 0.490 e. The molecular formula is C13H12N2O3S. The van der Waals surface area contributed by atoms with Gasteiger partial charge in [-0.25, -0.2) is 13.6 Å². The first-order valence-electron chi connectivity index (χ1n) is 5.51. The lowest BCUT2D eigenvalue weighted by atomic mass is 10.2. The summed E-state index contributed by atoms with van der Waals surface area (Å²) in [6, 6.07) is 6.22. The molecule has 1 aromatic heterocycles. The van der Waals surface area contributed by atoms with Gasteiger partial charge in [-0.1, -0.05) is 0 Å². The highest BCUT2D eigenvalue weighted by atomic mass is 32.2. The molecule has 1 heterocycles. The summed E-state index contributed by atoms with van der Waals surface area (Å²) in [5, 5.41) is 5.61. The van der Waals surface area contributed by atoms with Crippen LogP contribution in [0, 0.1) is 12.3 Å². The molecule has 0 saturated carbocycles. The predicted molar refractivity (Wildman–Crippen MR) is 72.1 cm³/mol. The van der Waals surface area contributed by atoms with Gasteiger partial charge in [0.25, 0.3) is 0 Å². The van der Waals surface area contributed by atoms with Crippen LogP contribution in [-0.2, 0) is 10.0 Å². The predicted octanol–water partition coefficient (Wildman–Crippen LogP) is 1.28. The molecule has 0 saturated heterocycles. The molecule has 0 bridgehead atoms. The van der Waals surface area contributed by atoms with Crippen molar-refractivity contribution < 1.29 is 13.2 Å². The molecule has 19 heavy (non-hydrogen) atoms. The Bertz CT molecular complexity index is 748. The van der Waals surface area contributed by atoms with E-state index in [-0.39, 0.29) is 4.90 Å². The molecule has 5 nitrogen and oxygen atoms in total. The zero-order chi connectivity index (χ0) is 13.9. The quantitative estimate of drug-likeness (QED) is 0.673. The SMILES string of the molecule is C#CCCOc1ccc(S(N)(=O)=O)c2cccnc12. The van der Waals surface area contributed by atoms with E-state index in [2.05, 4.69) is 10.9 Å². The van der Waals surface area contributed by atoms with E-state index in [0.29, 0.717) is 29.7 Å². The third-order valence-corrected chi connectivity index (χ3v) is 3.47. The molecule has 0 atom stereocenters. The zero-order valence-electron chi connectivity index (χ0n) is 10.0. The van der Waals surface area contributed by atoms with Crippen LogP contribution in [0.1, 0.15) is 6.42 Å². The molecule has 0 fully saturated rings. The number of nitrogens with two attached hydrogens (primary N) is 1. The summed E-state index contributed by atoms with van der Waals surface area (Å²) in [4.78, 5) is 4.17. The van der Waals surface area contributed by atoms with E-state index in [9.17, 15) is 8.42 Å². The number of pyridine rings is 1. The number of nitrogens with zero attached hydrogens (tertiary/aromatic N) is 1. The monoisotopic (exact) mass is 276 g/mol. The third-order valence-electron chi connectivity index (χ3n) is 2.50. The minimum Gasteiger partial charge on any atom is -0.490 e. The molecule has 98 valence electrons. The van der Waals surface area contributed by atoms with E-state index >= 15 is 0 Å². The number of hydrogen-bond acceptors (Lipinski definition) is 4. The van der Waals surface area contributed by atoms with E-state index in [1.54, 1.807) is 18.3 Å². The summed E-state index contributed by atoms with van der Waals surface area (Å²) < 4.78 is 28.5. The van der Waals surface area contributed by atoms with Gasteiger partial charge in [-0.3, -0.25) is 4.98 Å². The summed E-state index contributed by atoms with van der Waals surface area (Å²) in [6.07, 6.45) is 7.17. The number of primary sulfonamides is 1. The van der Waals surface area contributed by atoms with Crippen molar-refractivity contribution in [1.82, 2.24) is 4.98 Å². The van der Waals surface area contributed by atoms with Gasteiger partial charge in [-0.05, 0) is 24.3 Å². The fraction of sp³-hybridized carbons (Fsp3) is 0.154. The maximum absolute atomic E-state index is 11.5. The van der Waals surface area contributed by atoms with Crippen LogP contribution in [0.3, 0.4) is 0 Å². The Morgan fingerprint density at radius 1 is 1.37 bits per heavy atom. The van der Waals surface area contributed by atoms with Crippen LogP contribution in [0.2, 0.25) is 0 Å². The standard InChI is InChI=1S/C13H12N2O3S/c1-2-3-9-18-11-6-7-12(19(14,16)17)10-5-4-8-15-13(10)11/h1,4-8H,3,9H2,(H2,14,16,17). The molecule has 0 unspecified atom stereocenters.